The first-order valence-electron chi connectivity index (χ1n) is 21.8. The van der Waals surface area contributed by atoms with Crippen molar-refractivity contribution >= 4 is 46.4 Å². The van der Waals surface area contributed by atoms with E-state index in [-0.39, 0.29) is 21.7 Å². The fourth-order valence-electron chi connectivity index (χ4n) is 8.32. The van der Waals surface area contributed by atoms with E-state index < -0.39 is 0 Å². The van der Waals surface area contributed by atoms with Crippen LogP contribution in [0.4, 0.5) is 0 Å². The first kappa shape index (κ1) is 42.5. The minimum Gasteiger partial charge on any atom is -0.497 e. The molecule has 8 rings (SSSR count). The van der Waals surface area contributed by atoms with Crippen LogP contribution in [0.15, 0.2) is 84.9 Å². The summed E-state index contributed by atoms with van der Waals surface area (Å²) in [7, 11) is 3.41. The lowest BCUT2D eigenvalue weighted by Gasteiger charge is -2.26. The van der Waals surface area contributed by atoms with Gasteiger partial charge >= 0.3 is 0 Å². The Labute approximate surface area is 368 Å². The fourth-order valence-corrected chi connectivity index (χ4v) is 8.32. The molecule has 6 heteroatoms. The van der Waals surface area contributed by atoms with Crippen LogP contribution in [0.1, 0.15) is 128 Å². The Bertz CT molecular complexity index is 2820. The topological polar surface area (TPSA) is 75.8 Å². The maximum atomic E-state index is 6.09. The SMILES string of the molecule is COc1ccc(OC)c(-c2c3nc(c(-c4cc(C(C)(C)C)cc(C(C)(C)C)c4)c4ccc(cc5nc(c(-c6cc(C(C)(C)C)cc(C(C)(C)C)c6)c6ccc2[nH]6)C=C5)[nH]4)C=C3)c1. The largest absolute Gasteiger partial charge is 0.497 e. The second-order valence-corrected chi connectivity index (χ2v) is 21.0. The molecular formula is C56H62N4O2. The highest BCUT2D eigenvalue weighted by atomic mass is 16.5. The van der Waals surface area contributed by atoms with Crippen molar-refractivity contribution in [2.24, 2.45) is 0 Å². The van der Waals surface area contributed by atoms with E-state index in [2.05, 4.69) is 184 Å². The summed E-state index contributed by atoms with van der Waals surface area (Å²) in [6.07, 6.45) is 8.55. The molecule has 5 heterocycles. The average molecular weight is 823 g/mol. The first-order chi connectivity index (χ1) is 29.1. The highest BCUT2D eigenvalue weighted by molar-refractivity contribution is 5.98. The Morgan fingerprint density at radius 2 is 0.871 bits per heavy atom. The number of hydrogen-bond donors (Lipinski definition) is 2. The van der Waals surface area contributed by atoms with Crippen LogP contribution < -0.4 is 9.47 Å². The zero-order chi connectivity index (χ0) is 44.5. The molecule has 0 saturated heterocycles. The number of nitrogens with one attached hydrogen (secondary N) is 2. The molecule has 0 fully saturated rings. The second kappa shape index (κ2) is 15.3. The zero-order valence-corrected chi connectivity index (χ0v) is 39.1. The molecule has 0 amide bonds. The van der Waals surface area contributed by atoms with Crippen LogP contribution in [0, 0.1) is 0 Å². The van der Waals surface area contributed by atoms with Crippen LogP contribution in [0.5, 0.6) is 11.5 Å². The molecule has 0 atom stereocenters. The average Bonchev–Trinajstić information content (AvgIpc) is 4.04. The van der Waals surface area contributed by atoms with E-state index in [9.17, 15) is 0 Å². The summed E-state index contributed by atoms with van der Waals surface area (Å²) in [5.41, 5.74) is 18.2. The van der Waals surface area contributed by atoms with Gasteiger partial charge in [-0.3, -0.25) is 0 Å². The molecule has 0 unspecified atom stereocenters. The normalized spacial score (nSPS) is 13.2. The van der Waals surface area contributed by atoms with E-state index in [0.717, 1.165) is 89.7 Å². The van der Waals surface area contributed by atoms with Crippen LogP contribution in [0.25, 0.3) is 79.8 Å². The van der Waals surface area contributed by atoms with E-state index in [1.54, 1.807) is 14.2 Å². The first-order valence-corrected chi connectivity index (χ1v) is 21.8. The number of methoxy groups -OCH3 is 2. The van der Waals surface area contributed by atoms with Gasteiger partial charge in [-0.25, -0.2) is 9.97 Å². The highest BCUT2D eigenvalue weighted by Crippen LogP contribution is 2.43. The Balaban J connectivity index is 1.55. The molecule has 318 valence electrons. The predicted octanol–water partition coefficient (Wildman–Crippen LogP) is 14.9. The summed E-state index contributed by atoms with van der Waals surface area (Å²) in [5, 5.41) is 0. The predicted molar refractivity (Wildman–Crippen MR) is 263 cm³/mol. The number of benzene rings is 3. The van der Waals surface area contributed by atoms with Gasteiger partial charge in [0.05, 0.1) is 37.0 Å². The molecule has 0 aliphatic carbocycles. The van der Waals surface area contributed by atoms with Crippen molar-refractivity contribution in [2.45, 2.75) is 105 Å². The molecule has 62 heavy (non-hydrogen) atoms. The van der Waals surface area contributed by atoms with E-state index in [1.165, 1.54) is 22.3 Å². The summed E-state index contributed by atoms with van der Waals surface area (Å²) in [6, 6.07) is 30.9. The van der Waals surface area contributed by atoms with Gasteiger partial charge in [0, 0.05) is 44.3 Å². The maximum Gasteiger partial charge on any atom is 0.127 e. The molecule has 3 aromatic heterocycles. The third-order valence-corrected chi connectivity index (χ3v) is 12.2. The molecule has 0 spiro atoms. The second-order valence-electron chi connectivity index (χ2n) is 21.0. The van der Waals surface area contributed by atoms with Crippen molar-refractivity contribution in [3.63, 3.8) is 0 Å². The molecular weight excluding hydrogens is 761 g/mol. The van der Waals surface area contributed by atoms with Crippen molar-refractivity contribution in [1.82, 2.24) is 19.9 Å². The lowest BCUT2D eigenvalue weighted by molar-refractivity contribution is 0.404. The summed E-state index contributed by atoms with van der Waals surface area (Å²) in [5.74, 6) is 1.45. The summed E-state index contributed by atoms with van der Waals surface area (Å²) in [4.78, 5) is 18.6. The zero-order valence-electron chi connectivity index (χ0n) is 39.1. The summed E-state index contributed by atoms with van der Waals surface area (Å²) in [6.45, 7) is 27.4. The van der Waals surface area contributed by atoms with Crippen LogP contribution >= 0.6 is 0 Å². The van der Waals surface area contributed by atoms with Crippen LogP contribution in [-0.2, 0) is 21.7 Å². The molecule has 0 saturated carbocycles. The monoisotopic (exact) mass is 822 g/mol. The molecule has 6 nitrogen and oxygen atoms in total. The number of nitrogens with zero attached hydrogens (tertiary/aromatic N) is 2. The molecule has 2 N–H and O–H groups in total. The summed E-state index contributed by atoms with van der Waals surface area (Å²) < 4.78 is 11.9. The van der Waals surface area contributed by atoms with Crippen molar-refractivity contribution in [2.75, 3.05) is 14.2 Å². The number of ether oxygens (including phenoxy) is 2. The van der Waals surface area contributed by atoms with E-state index >= 15 is 0 Å². The van der Waals surface area contributed by atoms with E-state index in [0.29, 0.717) is 0 Å². The lowest BCUT2D eigenvalue weighted by Crippen LogP contribution is -2.16. The van der Waals surface area contributed by atoms with Gasteiger partial charge in [-0.1, -0.05) is 119 Å². The van der Waals surface area contributed by atoms with Gasteiger partial charge in [0.2, 0.25) is 0 Å². The third kappa shape index (κ3) is 8.27. The molecule has 6 aromatic rings. The maximum absolute atomic E-state index is 6.09. The Kier molecular flexibility index (Phi) is 10.5. The third-order valence-electron chi connectivity index (χ3n) is 12.2. The number of H-pyrrole nitrogens is 2. The van der Waals surface area contributed by atoms with E-state index in [1.807, 2.05) is 18.2 Å². The van der Waals surface area contributed by atoms with Gasteiger partial charge in [-0.15, -0.1) is 0 Å². The number of rotatable bonds is 5. The fraction of sp³-hybridized carbons (Fsp3) is 0.321. The number of hydrogen-bond acceptors (Lipinski definition) is 4. The van der Waals surface area contributed by atoms with Gasteiger partial charge in [-0.2, -0.15) is 0 Å². The van der Waals surface area contributed by atoms with Gasteiger partial charge in [0.1, 0.15) is 11.5 Å². The Hall–Kier alpha value is -6.14. The van der Waals surface area contributed by atoms with Gasteiger partial charge in [0.15, 0.2) is 0 Å². The number of fused-ring (bicyclic) bond motifs is 8. The van der Waals surface area contributed by atoms with Crippen LogP contribution in [0.3, 0.4) is 0 Å². The highest BCUT2D eigenvalue weighted by Gasteiger charge is 2.26. The van der Waals surface area contributed by atoms with Gasteiger partial charge < -0.3 is 19.4 Å². The van der Waals surface area contributed by atoms with Gasteiger partial charge in [0.25, 0.3) is 0 Å². The van der Waals surface area contributed by atoms with Crippen molar-refractivity contribution in [1.29, 1.82) is 0 Å². The minimum absolute atomic E-state index is 0.0667. The summed E-state index contributed by atoms with van der Waals surface area (Å²) >= 11 is 0. The standard InChI is InChI=1S/C56H62N4O2/c1-53(2,3)35-25-33(26-36(29-35)54(4,5)6)50-43-18-15-39(57-43)31-40-16-19-44(58-40)51(34-27-37(55(7,8)9)30-38(28-34)56(10,11)12)46-21-23-48(60-46)52(47-22-20-45(50)59-47)42-32-41(61-13)17-24-49(42)62-14/h15-32,57,60H,1-14H3. The van der Waals surface area contributed by atoms with E-state index in [4.69, 9.17) is 19.4 Å². The number of aromatic nitrogens is 4. The Morgan fingerprint density at radius 1 is 0.419 bits per heavy atom. The molecule has 8 bridgehead atoms. The Morgan fingerprint density at radius 3 is 1.37 bits per heavy atom. The molecule has 2 aliphatic heterocycles. The van der Waals surface area contributed by atoms with Crippen molar-refractivity contribution in [3.8, 4) is 44.9 Å². The quantitative estimate of drug-likeness (QED) is 0.181. The molecule has 2 aliphatic rings. The number of aromatic amines is 2. The smallest absolute Gasteiger partial charge is 0.127 e. The van der Waals surface area contributed by atoms with Gasteiger partial charge in [-0.05, 0) is 128 Å². The molecule has 0 radical (unpaired) electrons. The van der Waals surface area contributed by atoms with Crippen LogP contribution in [0.2, 0.25) is 0 Å². The minimum atomic E-state index is -0.0667. The lowest BCUT2D eigenvalue weighted by atomic mass is 9.78. The van der Waals surface area contributed by atoms with Crippen molar-refractivity contribution < 1.29 is 9.47 Å². The van der Waals surface area contributed by atoms with Crippen LogP contribution in [-0.4, -0.2) is 34.2 Å². The van der Waals surface area contributed by atoms with Crippen molar-refractivity contribution in [3.05, 3.63) is 130 Å². The molecule has 3 aromatic carbocycles.